The minimum absolute atomic E-state index is 0.00180. The average molecular weight is 439 g/mol. The molecule has 0 saturated carbocycles. The summed E-state index contributed by atoms with van der Waals surface area (Å²) in [7, 11) is -4.93. The Morgan fingerprint density at radius 1 is 0.893 bits per heavy atom. The van der Waals surface area contributed by atoms with E-state index in [1.807, 2.05) is 0 Å². The second kappa shape index (κ2) is 7.58. The van der Waals surface area contributed by atoms with Crippen molar-refractivity contribution in [3.8, 4) is 0 Å². The second-order valence-corrected chi connectivity index (χ2v) is 7.75. The number of halogens is 7. The van der Waals surface area contributed by atoms with Crippen molar-refractivity contribution in [1.29, 1.82) is 0 Å². The van der Waals surface area contributed by atoms with E-state index in [0.717, 1.165) is 4.72 Å². The number of nitrogens with one attached hydrogen (secondary N) is 1. The zero-order valence-corrected chi connectivity index (χ0v) is 16.0. The van der Waals surface area contributed by atoms with Crippen molar-refractivity contribution < 1.29 is 39.2 Å². The summed E-state index contributed by atoms with van der Waals surface area (Å²) in [6, 6.07) is 0. The second-order valence-electron chi connectivity index (χ2n) is 6.05. The number of nitrogen functional groups attached to an aromatic ring is 2. The molecule has 0 heterocycles. The van der Waals surface area contributed by atoms with E-state index < -0.39 is 39.5 Å². The number of alkyl halides is 7. The molecule has 0 saturated heterocycles. The van der Waals surface area contributed by atoms with Crippen LogP contribution in [0.3, 0.4) is 0 Å². The summed E-state index contributed by atoms with van der Waals surface area (Å²) in [5.74, 6) is -12.2. The maximum absolute atomic E-state index is 13.5. The molecule has 13 heteroatoms. The predicted octanol–water partition coefficient (Wildman–Crippen LogP) is 3.40. The quantitative estimate of drug-likeness (QED) is 0.448. The van der Waals surface area contributed by atoms with Gasteiger partial charge in [-0.25, -0.2) is 13.1 Å². The van der Waals surface area contributed by atoms with Crippen LogP contribution in [0.1, 0.15) is 30.5 Å². The molecule has 0 spiro atoms. The zero-order chi connectivity index (χ0) is 22.3. The summed E-state index contributed by atoms with van der Waals surface area (Å²) in [5, 5.41) is 0. The molecule has 162 valence electrons. The van der Waals surface area contributed by atoms with Gasteiger partial charge in [-0.2, -0.15) is 30.7 Å². The molecule has 0 amide bonds. The van der Waals surface area contributed by atoms with Crippen LogP contribution < -0.4 is 16.2 Å². The van der Waals surface area contributed by atoms with Crippen LogP contribution in [-0.4, -0.2) is 33.0 Å². The highest BCUT2D eigenvalue weighted by Crippen LogP contribution is 2.46. The standard InChI is InChI=1S/C15H20F7N3O2S/c1-4-8-10(23)7(3)12(9(5-2)11(8)24)28(26,27)25-6-13(16,17)14(18,19)15(20,21)22/h25H,4-6,23-24H2,1-3H3. The lowest BCUT2D eigenvalue weighted by Crippen LogP contribution is -2.56. The number of rotatable bonds is 7. The molecule has 0 aliphatic rings. The highest BCUT2D eigenvalue weighted by atomic mass is 32.2. The number of hydrogen-bond acceptors (Lipinski definition) is 4. The van der Waals surface area contributed by atoms with Gasteiger partial charge < -0.3 is 11.5 Å². The third-order valence-corrected chi connectivity index (χ3v) is 5.88. The normalized spacial score (nSPS) is 13.8. The third kappa shape index (κ3) is 4.00. The van der Waals surface area contributed by atoms with Gasteiger partial charge in [-0.1, -0.05) is 13.8 Å². The molecule has 0 aliphatic heterocycles. The fraction of sp³-hybridized carbons (Fsp3) is 0.600. The first kappa shape index (κ1) is 24.3. The summed E-state index contributed by atoms with van der Waals surface area (Å²) < 4.78 is 116. The van der Waals surface area contributed by atoms with Gasteiger partial charge in [0.1, 0.15) is 0 Å². The molecule has 0 unspecified atom stereocenters. The van der Waals surface area contributed by atoms with Gasteiger partial charge in [0.05, 0.1) is 11.4 Å². The van der Waals surface area contributed by atoms with E-state index in [9.17, 15) is 39.2 Å². The Hall–Kier alpha value is -1.76. The van der Waals surface area contributed by atoms with Gasteiger partial charge in [0.15, 0.2) is 0 Å². The van der Waals surface area contributed by atoms with Gasteiger partial charge >= 0.3 is 18.0 Å². The Morgan fingerprint density at radius 2 is 1.36 bits per heavy atom. The fourth-order valence-corrected chi connectivity index (χ4v) is 4.30. The lowest BCUT2D eigenvalue weighted by Gasteiger charge is -2.28. The van der Waals surface area contributed by atoms with Crippen LogP contribution in [-0.2, 0) is 22.9 Å². The first-order valence-electron chi connectivity index (χ1n) is 7.97. The number of benzene rings is 1. The maximum Gasteiger partial charge on any atom is 0.459 e. The highest BCUT2D eigenvalue weighted by Gasteiger charge is 2.72. The molecule has 1 rings (SSSR count). The van der Waals surface area contributed by atoms with Gasteiger partial charge in [0, 0.05) is 11.4 Å². The molecule has 28 heavy (non-hydrogen) atoms. The summed E-state index contributed by atoms with van der Waals surface area (Å²) in [6.45, 7) is 1.98. The first-order chi connectivity index (χ1) is 12.5. The minimum Gasteiger partial charge on any atom is -0.398 e. The van der Waals surface area contributed by atoms with E-state index in [1.54, 1.807) is 6.92 Å². The Kier molecular flexibility index (Phi) is 6.57. The van der Waals surface area contributed by atoms with Crippen molar-refractivity contribution in [1.82, 2.24) is 4.72 Å². The Labute approximate surface area is 157 Å². The summed E-state index contributed by atoms with van der Waals surface area (Å²) in [6.07, 6.45) is -6.22. The lowest BCUT2D eigenvalue weighted by molar-refractivity contribution is -0.352. The van der Waals surface area contributed by atoms with Crippen molar-refractivity contribution in [2.45, 2.75) is 56.5 Å². The predicted molar refractivity (Wildman–Crippen MR) is 89.9 cm³/mol. The van der Waals surface area contributed by atoms with Crippen LogP contribution in [0.25, 0.3) is 0 Å². The van der Waals surface area contributed by atoms with E-state index in [-0.39, 0.29) is 28.9 Å². The SMILES string of the molecule is CCc1c(N)c(C)c(S(=O)(=O)NCC(F)(F)C(F)(F)C(F)(F)F)c(CC)c1N. The molecule has 1 aromatic rings. The molecule has 5 N–H and O–H groups in total. The zero-order valence-electron chi connectivity index (χ0n) is 15.1. The van der Waals surface area contributed by atoms with Crippen LogP contribution >= 0.6 is 0 Å². The Balaban J connectivity index is 3.44. The van der Waals surface area contributed by atoms with Gasteiger partial charge in [-0.15, -0.1) is 0 Å². The number of anilines is 2. The van der Waals surface area contributed by atoms with Crippen molar-refractivity contribution >= 4 is 21.4 Å². The molecule has 0 bridgehead atoms. The molecule has 0 aromatic heterocycles. The summed E-state index contributed by atoms with van der Waals surface area (Å²) >= 11 is 0. The molecule has 0 aliphatic carbocycles. The Bertz CT molecular complexity index is 852. The van der Waals surface area contributed by atoms with Gasteiger partial charge in [-0.05, 0) is 36.5 Å². The molecule has 0 radical (unpaired) electrons. The third-order valence-electron chi connectivity index (χ3n) is 4.27. The van der Waals surface area contributed by atoms with Gasteiger partial charge in [-0.3, -0.25) is 0 Å². The molecule has 1 aromatic carbocycles. The molecule has 5 nitrogen and oxygen atoms in total. The Morgan fingerprint density at radius 3 is 1.75 bits per heavy atom. The van der Waals surface area contributed by atoms with Crippen LogP contribution in [0.15, 0.2) is 4.90 Å². The lowest BCUT2D eigenvalue weighted by atomic mass is 9.97. The van der Waals surface area contributed by atoms with E-state index in [1.165, 1.54) is 13.8 Å². The highest BCUT2D eigenvalue weighted by molar-refractivity contribution is 7.89. The fourth-order valence-electron chi connectivity index (χ4n) is 2.70. The van der Waals surface area contributed by atoms with Crippen molar-refractivity contribution in [2.75, 3.05) is 18.0 Å². The van der Waals surface area contributed by atoms with Gasteiger partial charge in [0.25, 0.3) is 0 Å². The molecule has 0 fully saturated rings. The van der Waals surface area contributed by atoms with Crippen LogP contribution in [0, 0.1) is 6.92 Å². The molecule has 0 atom stereocenters. The minimum atomic E-state index is -6.57. The van der Waals surface area contributed by atoms with E-state index in [2.05, 4.69) is 0 Å². The van der Waals surface area contributed by atoms with Crippen molar-refractivity contribution in [3.05, 3.63) is 16.7 Å². The van der Waals surface area contributed by atoms with E-state index in [4.69, 9.17) is 11.5 Å². The van der Waals surface area contributed by atoms with E-state index in [0.29, 0.717) is 12.0 Å². The largest absolute Gasteiger partial charge is 0.459 e. The number of hydrogen-bond donors (Lipinski definition) is 3. The average Bonchev–Trinajstić information content (AvgIpc) is 2.55. The monoisotopic (exact) mass is 439 g/mol. The molecular formula is C15H20F7N3O2S. The number of sulfonamides is 1. The smallest absolute Gasteiger partial charge is 0.398 e. The van der Waals surface area contributed by atoms with E-state index >= 15 is 0 Å². The van der Waals surface area contributed by atoms with Crippen LogP contribution in [0.2, 0.25) is 0 Å². The van der Waals surface area contributed by atoms with Crippen molar-refractivity contribution in [2.24, 2.45) is 0 Å². The van der Waals surface area contributed by atoms with Gasteiger partial charge in [0.2, 0.25) is 10.0 Å². The van der Waals surface area contributed by atoms with Crippen LogP contribution in [0.5, 0.6) is 0 Å². The summed E-state index contributed by atoms with van der Waals surface area (Å²) in [4.78, 5) is -0.617. The first-order valence-corrected chi connectivity index (χ1v) is 9.45. The topological polar surface area (TPSA) is 98.2 Å². The van der Waals surface area contributed by atoms with Crippen LogP contribution in [0.4, 0.5) is 42.1 Å². The summed E-state index contributed by atoms with van der Waals surface area (Å²) in [5.41, 5.74) is 12.0. The number of nitrogens with two attached hydrogens (primary N) is 2. The molecular weight excluding hydrogens is 419 g/mol. The maximum atomic E-state index is 13.5. The van der Waals surface area contributed by atoms with Crippen molar-refractivity contribution in [3.63, 3.8) is 0 Å².